The fourth-order valence-electron chi connectivity index (χ4n) is 3.76. The van der Waals surface area contributed by atoms with Crippen LogP contribution in [0.1, 0.15) is 11.1 Å². The van der Waals surface area contributed by atoms with Gasteiger partial charge in [-0.3, -0.25) is 0 Å². The third-order valence-electron chi connectivity index (χ3n) is 5.19. The first-order valence-corrected chi connectivity index (χ1v) is 9.24. The van der Waals surface area contributed by atoms with Crippen molar-refractivity contribution in [1.29, 1.82) is 0 Å². The summed E-state index contributed by atoms with van der Waals surface area (Å²) in [6.07, 6.45) is 1.99. The lowest BCUT2D eigenvalue weighted by Crippen LogP contribution is -1.95. The molecule has 2 aromatic heterocycles. The molecule has 0 radical (unpaired) electrons. The molecule has 0 atom stereocenters. The van der Waals surface area contributed by atoms with Gasteiger partial charge in [0.25, 0.3) is 0 Å². The lowest BCUT2D eigenvalue weighted by molar-refractivity contribution is 0.975. The van der Waals surface area contributed by atoms with Crippen molar-refractivity contribution in [3.63, 3.8) is 0 Å². The second-order valence-electron chi connectivity index (χ2n) is 7.17. The number of nitrogens with zero attached hydrogens (tertiary/aromatic N) is 2. The minimum absolute atomic E-state index is 1.11. The summed E-state index contributed by atoms with van der Waals surface area (Å²) in [5.74, 6) is 0. The van der Waals surface area contributed by atoms with Crippen molar-refractivity contribution in [3.8, 4) is 22.4 Å². The summed E-state index contributed by atoms with van der Waals surface area (Å²) in [5.41, 5.74) is 8.34. The van der Waals surface area contributed by atoms with E-state index in [-0.39, 0.29) is 0 Å². The van der Waals surface area contributed by atoms with Gasteiger partial charge in [0.15, 0.2) is 0 Å². The molecular formula is C25H20N2. The monoisotopic (exact) mass is 348 g/mol. The molecule has 0 spiro atoms. The lowest BCUT2D eigenvalue weighted by Gasteiger charge is -2.11. The highest BCUT2D eigenvalue weighted by Gasteiger charge is 2.15. The van der Waals surface area contributed by atoms with Gasteiger partial charge in [0.2, 0.25) is 0 Å². The normalized spacial score (nSPS) is 11.3. The summed E-state index contributed by atoms with van der Waals surface area (Å²) < 4.78 is 2.09. The van der Waals surface area contributed by atoms with Crippen molar-refractivity contribution >= 4 is 16.3 Å². The molecule has 0 aliphatic rings. The van der Waals surface area contributed by atoms with E-state index in [1.165, 1.54) is 44.1 Å². The Balaban J connectivity index is 1.91. The van der Waals surface area contributed by atoms with E-state index in [1.54, 1.807) is 0 Å². The van der Waals surface area contributed by atoms with E-state index in [0.717, 1.165) is 5.69 Å². The molecule has 5 rings (SSSR count). The number of hydrogen-bond acceptors (Lipinski definition) is 1. The molecule has 0 saturated heterocycles. The van der Waals surface area contributed by atoms with Gasteiger partial charge in [0, 0.05) is 16.5 Å². The molecule has 5 aromatic rings. The van der Waals surface area contributed by atoms with Crippen LogP contribution in [0.15, 0.2) is 85.1 Å². The maximum Gasteiger partial charge on any atom is 0.0825 e. The third-order valence-corrected chi connectivity index (χ3v) is 5.19. The Morgan fingerprint density at radius 1 is 0.704 bits per heavy atom. The molecule has 27 heavy (non-hydrogen) atoms. The van der Waals surface area contributed by atoms with E-state index in [1.807, 2.05) is 12.3 Å². The van der Waals surface area contributed by atoms with Crippen LogP contribution in [-0.2, 0) is 0 Å². The third kappa shape index (κ3) is 2.61. The Kier molecular flexibility index (Phi) is 3.58. The number of benzene rings is 3. The molecule has 0 aliphatic carbocycles. The van der Waals surface area contributed by atoms with Crippen LogP contribution < -0.4 is 0 Å². The first-order valence-electron chi connectivity index (χ1n) is 9.24. The van der Waals surface area contributed by atoms with Gasteiger partial charge in [0.1, 0.15) is 0 Å². The van der Waals surface area contributed by atoms with Crippen LogP contribution >= 0.6 is 0 Å². The SMILES string of the molecule is Cc1ccc(-c2cnn3c(-c4ccccc4)cc4ccc(C)cc4c23)cc1. The summed E-state index contributed by atoms with van der Waals surface area (Å²) in [5, 5.41) is 7.27. The van der Waals surface area contributed by atoms with Gasteiger partial charge in [-0.25, -0.2) is 4.52 Å². The number of rotatable bonds is 2. The summed E-state index contributed by atoms with van der Waals surface area (Å²) in [7, 11) is 0. The largest absolute Gasteiger partial charge is 0.232 e. The fraction of sp³-hybridized carbons (Fsp3) is 0.0800. The van der Waals surface area contributed by atoms with Crippen LogP contribution in [-0.4, -0.2) is 9.61 Å². The molecule has 0 unspecified atom stereocenters. The first kappa shape index (κ1) is 15.8. The van der Waals surface area contributed by atoms with Crippen LogP contribution in [0, 0.1) is 13.8 Å². The number of hydrogen-bond donors (Lipinski definition) is 0. The van der Waals surface area contributed by atoms with Gasteiger partial charge in [-0.15, -0.1) is 0 Å². The van der Waals surface area contributed by atoms with E-state index in [4.69, 9.17) is 5.10 Å². The molecule has 2 heterocycles. The standard InChI is InChI=1S/C25H20N2/c1-17-8-11-19(12-9-17)23-16-26-27-24(20-6-4-3-5-7-20)15-21-13-10-18(2)14-22(21)25(23)27/h3-16H,1-2H3. The van der Waals surface area contributed by atoms with Crippen LogP contribution in [0.2, 0.25) is 0 Å². The molecule has 2 heteroatoms. The highest BCUT2D eigenvalue weighted by molar-refractivity contribution is 6.05. The highest BCUT2D eigenvalue weighted by atomic mass is 15.2. The van der Waals surface area contributed by atoms with E-state index >= 15 is 0 Å². The molecule has 0 fully saturated rings. The maximum atomic E-state index is 4.79. The van der Waals surface area contributed by atoms with Gasteiger partial charge in [-0.2, -0.15) is 5.10 Å². The quantitative estimate of drug-likeness (QED) is 0.359. The molecule has 0 aliphatic heterocycles. The second-order valence-corrected chi connectivity index (χ2v) is 7.17. The molecule has 3 aromatic carbocycles. The maximum absolute atomic E-state index is 4.79. The van der Waals surface area contributed by atoms with Crippen molar-refractivity contribution in [1.82, 2.24) is 9.61 Å². The zero-order valence-corrected chi connectivity index (χ0v) is 15.5. The molecule has 2 nitrogen and oxygen atoms in total. The molecule has 0 amide bonds. The smallest absolute Gasteiger partial charge is 0.0825 e. The van der Waals surface area contributed by atoms with Crippen molar-refractivity contribution < 1.29 is 0 Å². The van der Waals surface area contributed by atoms with Gasteiger partial charge < -0.3 is 0 Å². The second kappa shape index (κ2) is 6.10. The Hall–Kier alpha value is -3.39. The van der Waals surface area contributed by atoms with Crippen LogP contribution in [0.4, 0.5) is 0 Å². The van der Waals surface area contributed by atoms with Crippen LogP contribution in [0.5, 0.6) is 0 Å². The van der Waals surface area contributed by atoms with Gasteiger partial charge in [-0.1, -0.05) is 77.9 Å². The summed E-state index contributed by atoms with van der Waals surface area (Å²) in [4.78, 5) is 0. The number of fused-ring (bicyclic) bond motifs is 3. The van der Waals surface area contributed by atoms with Crippen LogP contribution in [0.25, 0.3) is 38.7 Å². The Bertz CT molecular complexity index is 1260. The summed E-state index contributed by atoms with van der Waals surface area (Å²) in [6.45, 7) is 4.26. The van der Waals surface area contributed by atoms with E-state index < -0.39 is 0 Å². The lowest BCUT2D eigenvalue weighted by atomic mass is 9.99. The zero-order valence-electron chi connectivity index (χ0n) is 15.5. The van der Waals surface area contributed by atoms with E-state index in [0.29, 0.717) is 0 Å². The summed E-state index contributed by atoms with van der Waals surface area (Å²) in [6, 6.07) is 28.1. The van der Waals surface area contributed by atoms with E-state index in [9.17, 15) is 0 Å². The molecule has 0 N–H and O–H groups in total. The van der Waals surface area contributed by atoms with Gasteiger partial charge in [-0.05, 0) is 36.9 Å². The number of pyridine rings is 1. The van der Waals surface area contributed by atoms with Crippen molar-refractivity contribution in [2.75, 3.05) is 0 Å². The predicted octanol–water partition coefficient (Wildman–Crippen LogP) is 6.44. The van der Waals surface area contributed by atoms with Gasteiger partial charge in [0.05, 0.1) is 17.4 Å². The molecule has 130 valence electrons. The molecule has 0 bridgehead atoms. The summed E-state index contributed by atoms with van der Waals surface area (Å²) >= 11 is 0. The van der Waals surface area contributed by atoms with Crippen molar-refractivity contribution in [2.45, 2.75) is 13.8 Å². The minimum Gasteiger partial charge on any atom is -0.232 e. The van der Waals surface area contributed by atoms with Crippen molar-refractivity contribution in [3.05, 3.63) is 96.2 Å². The first-order chi connectivity index (χ1) is 13.2. The average Bonchev–Trinajstić information content (AvgIpc) is 3.14. The Morgan fingerprint density at radius 2 is 1.44 bits per heavy atom. The number of aromatic nitrogens is 2. The van der Waals surface area contributed by atoms with Crippen LogP contribution in [0.3, 0.4) is 0 Å². The zero-order chi connectivity index (χ0) is 18.4. The molecular weight excluding hydrogens is 328 g/mol. The Labute approximate surface area is 158 Å². The number of aryl methyl sites for hydroxylation is 2. The highest BCUT2D eigenvalue weighted by Crippen LogP contribution is 2.35. The fourth-order valence-corrected chi connectivity index (χ4v) is 3.76. The van der Waals surface area contributed by atoms with E-state index in [2.05, 4.69) is 91.2 Å². The van der Waals surface area contributed by atoms with Crippen molar-refractivity contribution in [2.24, 2.45) is 0 Å². The van der Waals surface area contributed by atoms with Gasteiger partial charge >= 0.3 is 0 Å². The average molecular weight is 348 g/mol. The Morgan fingerprint density at radius 3 is 2.22 bits per heavy atom. The topological polar surface area (TPSA) is 17.3 Å². The predicted molar refractivity (Wildman–Crippen MR) is 113 cm³/mol. The molecule has 0 saturated carbocycles. The minimum atomic E-state index is 1.11.